The Balaban J connectivity index is 2.04. The normalized spacial score (nSPS) is 14.2. The zero-order valence-electron chi connectivity index (χ0n) is 12.3. The fourth-order valence-corrected chi connectivity index (χ4v) is 2.92. The summed E-state index contributed by atoms with van der Waals surface area (Å²) in [6, 6.07) is 3.28. The van der Waals surface area contributed by atoms with Crippen LogP contribution in [0.2, 0.25) is 10.0 Å². The topological polar surface area (TPSA) is 81.6 Å². The molecule has 1 heterocycles. The third kappa shape index (κ3) is 3.43. The van der Waals surface area contributed by atoms with Gasteiger partial charge < -0.3 is 5.32 Å². The van der Waals surface area contributed by atoms with Crippen LogP contribution in [-0.4, -0.2) is 16.1 Å². The minimum atomic E-state index is -4.61. The van der Waals surface area contributed by atoms with Crippen LogP contribution >= 0.6 is 23.2 Å². The first-order valence-corrected chi connectivity index (χ1v) is 7.84. The molecule has 0 aliphatic heterocycles. The van der Waals surface area contributed by atoms with Gasteiger partial charge in [0.05, 0.1) is 15.6 Å². The minimum absolute atomic E-state index is 0.0175. The van der Waals surface area contributed by atoms with Crippen molar-refractivity contribution < 1.29 is 18.0 Å². The van der Waals surface area contributed by atoms with Gasteiger partial charge in [0, 0.05) is 11.5 Å². The molecule has 3 rings (SSSR count). The van der Waals surface area contributed by atoms with Crippen LogP contribution in [0.5, 0.6) is 0 Å². The average molecular weight is 389 g/mol. The number of rotatable bonds is 3. The number of amides is 1. The third-order valence-electron chi connectivity index (χ3n) is 3.68. The highest BCUT2D eigenvalue weighted by molar-refractivity contribution is 6.39. The first kappa shape index (κ1) is 17.6. The zero-order chi connectivity index (χ0) is 18.4. The fourth-order valence-electron chi connectivity index (χ4n) is 2.26. The summed E-state index contributed by atoms with van der Waals surface area (Å²) in [5.41, 5.74) is -1.12. The number of alkyl halides is 3. The second kappa shape index (κ2) is 6.24. The number of aromatic nitrogens is 2. The molecule has 130 valence electrons. The van der Waals surface area contributed by atoms with Crippen LogP contribution in [0.4, 0.5) is 19.0 Å². The van der Waals surface area contributed by atoms with E-state index in [1.807, 2.05) is 6.07 Å². The zero-order valence-corrected chi connectivity index (χ0v) is 13.9. The van der Waals surface area contributed by atoms with Gasteiger partial charge in [-0.25, -0.2) is 0 Å². The summed E-state index contributed by atoms with van der Waals surface area (Å²) in [6.07, 6.45) is -3.07. The van der Waals surface area contributed by atoms with Gasteiger partial charge >= 0.3 is 6.18 Å². The lowest BCUT2D eigenvalue weighted by Crippen LogP contribution is -2.14. The van der Waals surface area contributed by atoms with Gasteiger partial charge in [-0.05, 0) is 25.0 Å². The van der Waals surface area contributed by atoms with E-state index >= 15 is 0 Å². The van der Waals surface area contributed by atoms with Crippen LogP contribution in [-0.2, 0) is 11.0 Å². The Kier molecular flexibility index (Phi) is 4.39. The van der Waals surface area contributed by atoms with Gasteiger partial charge in [-0.15, -0.1) is 0 Å². The minimum Gasteiger partial charge on any atom is -0.310 e. The molecule has 5 nitrogen and oxygen atoms in total. The molecule has 1 fully saturated rings. The number of nitrogens with one attached hydrogen (secondary N) is 2. The second-order valence-electron chi connectivity index (χ2n) is 5.51. The van der Waals surface area contributed by atoms with Crippen LogP contribution < -0.4 is 5.32 Å². The number of nitrogens with zero attached hydrogens (tertiary/aromatic N) is 2. The maximum atomic E-state index is 12.8. The van der Waals surface area contributed by atoms with E-state index in [1.54, 1.807) is 0 Å². The van der Waals surface area contributed by atoms with E-state index in [0.29, 0.717) is 12.1 Å². The number of H-pyrrole nitrogens is 1. The number of carbonyl (C=O) groups excluding carboxylic acids is 1. The van der Waals surface area contributed by atoms with Crippen LogP contribution in [0, 0.1) is 17.2 Å². The van der Waals surface area contributed by atoms with Crippen LogP contribution in [0.3, 0.4) is 0 Å². The van der Waals surface area contributed by atoms with Gasteiger partial charge in [0.2, 0.25) is 5.91 Å². The lowest BCUT2D eigenvalue weighted by atomic mass is 10.1. The SMILES string of the molecule is N#Cc1c(-c2c(Cl)cc(C(F)(F)F)cc2Cl)n[nH]c1NC(=O)C1CC1. The van der Waals surface area contributed by atoms with Crippen molar-refractivity contribution >= 4 is 34.9 Å². The molecule has 0 unspecified atom stereocenters. The number of hydrogen-bond donors (Lipinski definition) is 2. The number of hydrogen-bond acceptors (Lipinski definition) is 3. The monoisotopic (exact) mass is 388 g/mol. The summed E-state index contributed by atoms with van der Waals surface area (Å²) in [5, 5.41) is 17.7. The van der Waals surface area contributed by atoms with Crippen molar-refractivity contribution in [2.24, 2.45) is 5.92 Å². The number of benzene rings is 1. The van der Waals surface area contributed by atoms with Gasteiger partial charge in [0.25, 0.3) is 0 Å². The summed E-state index contributed by atoms with van der Waals surface area (Å²) >= 11 is 11.9. The number of anilines is 1. The highest BCUT2D eigenvalue weighted by atomic mass is 35.5. The quantitative estimate of drug-likeness (QED) is 0.804. The molecule has 10 heteroatoms. The van der Waals surface area contributed by atoms with E-state index in [0.717, 1.165) is 12.8 Å². The Hall–Kier alpha value is -2.24. The van der Waals surface area contributed by atoms with Crippen molar-refractivity contribution in [2.75, 3.05) is 5.32 Å². The highest BCUT2D eigenvalue weighted by Gasteiger charge is 2.34. The maximum Gasteiger partial charge on any atom is 0.416 e. The van der Waals surface area contributed by atoms with Crippen LogP contribution in [0.25, 0.3) is 11.3 Å². The molecule has 0 bridgehead atoms. The van der Waals surface area contributed by atoms with E-state index < -0.39 is 11.7 Å². The van der Waals surface area contributed by atoms with E-state index in [1.165, 1.54) is 0 Å². The standard InChI is InChI=1S/C15H9Cl2F3N4O/c16-9-3-7(15(18,19)20)4-10(17)11(9)12-8(5-21)13(24-23-12)22-14(25)6-1-2-6/h3-4,6H,1-2H2,(H2,22,23,24,25). The van der Waals surface area contributed by atoms with E-state index in [4.69, 9.17) is 23.2 Å². The molecule has 0 atom stereocenters. The Morgan fingerprint density at radius 3 is 2.40 bits per heavy atom. The fraction of sp³-hybridized carbons (Fsp3) is 0.267. The molecule has 1 saturated carbocycles. The molecule has 1 aromatic carbocycles. The molecule has 1 aromatic heterocycles. The predicted octanol–water partition coefficient (Wildman–Crippen LogP) is 4.62. The molecule has 25 heavy (non-hydrogen) atoms. The van der Waals surface area contributed by atoms with Crippen molar-refractivity contribution in [3.63, 3.8) is 0 Å². The summed E-state index contributed by atoms with van der Waals surface area (Å²) in [6.45, 7) is 0. The first-order valence-electron chi connectivity index (χ1n) is 7.08. The highest BCUT2D eigenvalue weighted by Crippen LogP contribution is 2.42. The molecule has 1 aliphatic rings. The Morgan fingerprint density at radius 1 is 1.32 bits per heavy atom. The Morgan fingerprint density at radius 2 is 1.92 bits per heavy atom. The van der Waals surface area contributed by atoms with Crippen molar-refractivity contribution in [2.45, 2.75) is 19.0 Å². The van der Waals surface area contributed by atoms with E-state index in [-0.39, 0.29) is 44.5 Å². The predicted molar refractivity (Wildman–Crippen MR) is 85.1 cm³/mol. The molecule has 0 spiro atoms. The van der Waals surface area contributed by atoms with Crippen molar-refractivity contribution in [1.82, 2.24) is 10.2 Å². The van der Waals surface area contributed by atoms with Crippen LogP contribution in [0.1, 0.15) is 24.0 Å². The molecular weight excluding hydrogens is 380 g/mol. The smallest absolute Gasteiger partial charge is 0.310 e. The Bertz CT molecular complexity index is 874. The maximum absolute atomic E-state index is 12.8. The van der Waals surface area contributed by atoms with Gasteiger partial charge in [0.1, 0.15) is 23.1 Å². The van der Waals surface area contributed by atoms with Crippen molar-refractivity contribution in [1.29, 1.82) is 5.26 Å². The first-order chi connectivity index (χ1) is 11.7. The lowest BCUT2D eigenvalue weighted by molar-refractivity contribution is -0.137. The molecule has 2 N–H and O–H groups in total. The number of aromatic amines is 1. The number of carbonyl (C=O) groups is 1. The van der Waals surface area contributed by atoms with Crippen molar-refractivity contribution in [3.05, 3.63) is 33.3 Å². The molecule has 0 saturated heterocycles. The molecule has 0 radical (unpaired) electrons. The summed E-state index contributed by atoms with van der Waals surface area (Å²) in [4.78, 5) is 11.8. The molecular formula is C15H9Cl2F3N4O. The largest absolute Gasteiger partial charge is 0.416 e. The second-order valence-corrected chi connectivity index (χ2v) is 6.32. The molecule has 1 aliphatic carbocycles. The summed E-state index contributed by atoms with van der Waals surface area (Å²) < 4.78 is 38.5. The molecule has 2 aromatic rings. The summed E-state index contributed by atoms with van der Waals surface area (Å²) in [7, 11) is 0. The van der Waals surface area contributed by atoms with E-state index in [9.17, 15) is 23.2 Å². The lowest BCUT2D eigenvalue weighted by Gasteiger charge is -2.11. The third-order valence-corrected chi connectivity index (χ3v) is 4.28. The average Bonchev–Trinajstić information content (AvgIpc) is 3.29. The van der Waals surface area contributed by atoms with Gasteiger partial charge in [-0.2, -0.15) is 23.5 Å². The van der Waals surface area contributed by atoms with E-state index in [2.05, 4.69) is 15.5 Å². The number of halogens is 5. The van der Waals surface area contributed by atoms with Crippen molar-refractivity contribution in [3.8, 4) is 17.3 Å². The number of nitriles is 1. The van der Waals surface area contributed by atoms with Gasteiger partial charge in [-0.3, -0.25) is 9.89 Å². The summed E-state index contributed by atoms with van der Waals surface area (Å²) in [5.74, 6) is -0.297. The molecule has 1 amide bonds. The van der Waals surface area contributed by atoms with Gasteiger partial charge in [0.15, 0.2) is 0 Å². The Labute approximate surface area is 149 Å². The van der Waals surface area contributed by atoms with Gasteiger partial charge in [-0.1, -0.05) is 23.2 Å². The van der Waals surface area contributed by atoms with Crippen LogP contribution in [0.15, 0.2) is 12.1 Å².